The van der Waals surface area contributed by atoms with Crippen LogP contribution in [0, 0.1) is 0 Å². The zero-order valence-corrected chi connectivity index (χ0v) is 8.19. The Kier molecular flexibility index (Phi) is 3.98. The van der Waals surface area contributed by atoms with Gasteiger partial charge in [-0.15, -0.1) is 0 Å². The van der Waals surface area contributed by atoms with Crippen molar-refractivity contribution in [3.05, 3.63) is 0 Å². The Hall–Kier alpha value is -0.290. The second-order valence-corrected chi connectivity index (χ2v) is 4.41. The third-order valence-electron chi connectivity index (χ3n) is 1.62. The molecule has 86 valence electrons. The fourth-order valence-electron chi connectivity index (χ4n) is 0.720. The zero-order valence-electron chi connectivity index (χ0n) is 7.38. The van der Waals surface area contributed by atoms with Crippen LogP contribution in [0.1, 0.15) is 12.8 Å². The van der Waals surface area contributed by atoms with Crippen LogP contribution in [0.25, 0.3) is 0 Å². The van der Waals surface area contributed by atoms with E-state index in [2.05, 4.69) is 0 Å². The second kappa shape index (κ2) is 4.06. The van der Waals surface area contributed by atoms with Gasteiger partial charge in [-0.3, -0.25) is 9.87 Å². The average Bonchev–Trinajstić information content (AvgIpc) is 1.96. The molecule has 0 saturated carbocycles. The summed E-state index contributed by atoms with van der Waals surface area (Å²) in [6.07, 6.45) is -1.66. The maximum Gasteiger partial charge on any atom is 0.309 e. The molecule has 6 N–H and O–H groups in total. The van der Waals surface area contributed by atoms with E-state index in [0.717, 1.165) is 7.05 Å². The molecule has 8 nitrogen and oxygen atoms in total. The van der Waals surface area contributed by atoms with E-state index in [4.69, 9.17) is 19.9 Å². The highest BCUT2D eigenvalue weighted by Gasteiger charge is 2.41. The Morgan fingerprint density at radius 3 is 1.79 bits per heavy atom. The van der Waals surface area contributed by atoms with Gasteiger partial charge in [0.25, 0.3) is 5.97 Å². The van der Waals surface area contributed by atoms with Crippen molar-refractivity contribution in [3.8, 4) is 0 Å². The van der Waals surface area contributed by atoms with Gasteiger partial charge < -0.3 is 20.4 Å². The monoisotopic (exact) mass is 231 g/mol. The van der Waals surface area contributed by atoms with Gasteiger partial charge in [-0.05, 0) is 7.05 Å². The van der Waals surface area contributed by atoms with Crippen LogP contribution in [-0.2, 0) is 10.1 Å². The molecule has 0 aliphatic carbocycles. The SMILES string of the molecule is CNC(O)(CCC(O)(O)O)S(=O)(=O)O. The topological polar surface area (TPSA) is 147 Å². The van der Waals surface area contributed by atoms with E-state index < -0.39 is 34.0 Å². The molecule has 0 heterocycles. The summed E-state index contributed by atoms with van der Waals surface area (Å²) in [5.74, 6) is -3.10. The molecule has 0 spiro atoms. The number of hydrogen-bond acceptors (Lipinski definition) is 7. The van der Waals surface area contributed by atoms with Crippen molar-refractivity contribution >= 4 is 10.1 Å². The zero-order chi connectivity index (χ0) is 11.6. The summed E-state index contributed by atoms with van der Waals surface area (Å²) in [5.41, 5.74) is 0. The predicted molar refractivity (Wildman–Crippen MR) is 44.2 cm³/mol. The molecule has 0 saturated heterocycles. The van der Waals surface area contributed by atoms with E-state index in [-0.39, 0.29) is 0 Å². The molecular weight excluding hydrogens is 218 g/mol. The van der Waals surface area contributed by atoms with Crippen LogP contribution >= 0.6 is 0 Å². The highest BCUT2D eigenvalue weighted by molar-refractivity contribution is 7.87. The van der Waals surface area contributed by atoms with E-state index in [0.29, 0.717) is 0 Å². The van der Waals surface area contributed by atoms with Crippen LogP contribution in [0.3, 0.4) is 0 Å². The van der Waals surface area contributed by atoms with Gasteiger partial charge in [-0.1, -0.05) is 0 Å². The van der Waals surface area contributed by atoms with Crippen LogP contribution < -0.4 is 5.32 Å². The number of nitrogens with one attached hydrogen (secondary N) is 1. The first-order valence-electron chi connectivity index (χ1n) is 3.57. The lowest BCUT2D eigenvalue weighted by atomic mass is 10.2. The smallest absolute Gasteiger partial charge is 0.309 e. The third kappa shape index (κ3) is 3.84. The summed E-state index contributed by atoms with van der Waals surface area (Å²) in [6, 6.07) is 0. The normalized spacial score (nSPS) is 17.9. The Balaban J connectivity index is 4.60. The van der Waals surface area contributed by atoms with Crippen molar-refractivity contribution < 1.29 is 33.4 Å². The minimum absolute atomic E-state index is 0.800. The van der Waals surface area contributed by atoms with Gasteiger partial charge in [-0.25, -0.2) is 0 Å². The number of hydrogen-bond donors (Lipinski definition) is 6. The van der Waals surface area contributed by atoms with Gasteiger partial charge in [0.1, 0.15) is 0 Å². The maximum atomic E-state index is 10.6. The quantitative estimate of drug-likeness (QED) is 0.219. The molecule has 0 radical (unpaired) electrons. The first-order chi connectivity index (χ1) is 6.02. The van der Waals surface area contributed by atoms with Gasteiger partial charge in [-0.2, -0.15) is 8.42 Å². The number of rotatable bonds is 5. The molecule has 0 fully saturated rings. The summed E-state index contributed by atoms with van der Waals surface area (Å²) < 4.78 is 29.7. The van der Waals surface area contributed by atoms with Crippen molar-refractivity contribution in [1.82, 2.24) is 5.32 Å². The molecule has 0 rings (SSSR count). The Morgan fingerprint density at radius 2 is 1.57 bits per heavy atom. The van der Waals surface area contributed by atoms with Crippen molar-refractivity contribution in [2.45, 2.75) is 23.9 Å². The average molecular weight is 231 g/mol. The summed E-state index contributed by atoms with van der Waals surface area (Å²) in [7, 11) is -3.78. The highest BCUT2D eigenvalue weighted by Crippen LogP contribution is 2.18. The molecule has 0 aromatic rings. The summed E-state index contributed by atoms with van der Waals surface area (Å²) in [6.45, 7) is 0. The molecular formula is C5H13NO7S. The predicted octanol–water partition coefficient (Wildman–Crippen LogP) is -2.85. The van der Waals surface area contributed by atoms with Crippen LogP contribution in [0.15, 0.2) is 0 Å². The molecule has 0 aromatic carbocycles. The van der Waals surface area contributed by atoms with Crippen molar-refractivity contribution in [2.24, 2.45) is 0 Å². The second-order valence-electron chi connectivity index (χ2n) is 2.78. The molecule has 14 heavy (non-hydrogen) atoms. The third-order valence-corrected chi connectivity index (χ3v) is 2.88. The fraction of sp³-hybridized carbons (Fsp3) is 1.00. The highest BCUT2D eigenvalue weighted by atomic mass is 32.2. The van der Waals surface area contributed by atoms with E-state index in [1.54, 1.807) is 0 Å². The fourth-order valence-corrected chi connectivity index (χ4v) is 1.34. The van der Waals surface area contributed by atoms with Crippen LogP contribution in [0.4, 0.5) is 0 Å². The Labute approximate surface area is 80.6 Å². The minimum Gasteiger partial charge on any atom is -0.361 e. The van der Waals surface area contributed by atoms with Crippen LogP contribution in [0.5, 0.6) is 0 Å². The van der Waals surface area contributed by atoms with E-state index in [1.807, 2.05) is 5.32 Å². The van der Waals surface area contributed by atoms with Gasteiger partial charge >= 0.3 is 10.1 Å². The van der Waals surface area contributed by atoms with Crippen LogP contribution in [-0.4, -0.2) is 51.5 Å². The van der Waals surface area contributed by atoms with Gasteiger partial charge in [0.15, 0.2) is 0 Å². The van der Waals surface area contributed by atoms with Gasteiger partial charge in [0.05, 0.1) is 0 Å². The molecule has 0 aromatic heterocycles. The lowest BCUT2D eigenvalue weighted by molar-refractivity contribution is -0.317. The molecule has 9 heteroatoms. The van der Waals surface area contributed by atoms with Crippen LogP contribution in [0.2, 0.25) is 0 Å². The first kappa shape index (κ1) is 13.7. The van der Waals surface area contributed by atoms with E-state index in [1.165, 1.54) is 0 Å². The van der Waals surface area contributed by atoms with Gasteiger partial charge in [0, 0.05) is 12.8 Å². The summed E-state index contributed by atoms with van der Waals surface area (Å²) >= 11 is 0. The molecule has 0 aliphatic rings. The van der Waals surface area contributed by atoms with E-state index in [9.17, 15) is 13.5 Å². The maximum absolute atomic E-state index is 10.6. The van der Waals surface area contributed by atoms with Gasteiger partial charge in [0.2, 0.25) is 5.06 Å². The molecule has 0 amide bonds. The lowest BCUT2D eigenvalue weighted by Gasteiger charge is -2.25. The largest absolute Gasteiger partial charge is 0.361 e. The molecule has 1 unspecified atom stereocenters. The lowest BCUT2D eigenvalue weighted by Crippen LogP contribution is -2.51. The van der Waals surface area contributed by atoms with Crippen molar-refractivity contribution in [3.63, 3.8) is 0 Å². The standard InChI is InChI=1S/C5H13NO7S/c1-6-4(7,14(11,12)13)2-3-5(8,9)10/h6-10H,2-3H2,1H3,(H,11,12,13). The Bertz CT molecular complexity index is 281. The summed E-state index contributed by atoms with van der Waals surface area (Å²) in [4.78, 5) is 0. The first-order valence-corrected chi connectivity index (χ1v) is 5.01. The molecule has 0 bridgehead atoms. The number of aliphatic hydroxyl groups is 4. The minimum atomic E-state index is -4.83. The molecule has 0 aliphatic heterocycles. The summed E-state index contributed by atoms with van der Waals surface area (Å²) in [5, 5.41) is 33.7. The Morgan fingerprint density at radius 1 is 1.14 bits per heavy atom. The van der Waals surface area contributed by atoms with E-state index >= 15 is 0 Å². The van der Waals surface area contributed by atoms with Crippen molar-refractivity contribution in [1.29, 1.82) is 0 Å². The molecule has 1 atom stereocenters. The van der Waals surface area contributed by atoms with Crippen molar-refractivity contribution in [2.75, 3.05) is 7.05 Å².